The molecule has 0 bridgehead atoms. The van der Waals surface area contributed by atoms with Crippen molar-refractivity contribution in [1.82, 2.24) is 9.55 Å². The van der Waals surface area contributed by atoms with Gasteiger partial charge in [0, 0.05) is 17.3 Å². The Balaban J connectivity index is 1.46. The lowest BCUT2D eigenvalue weighted by Crippen LogP contribution is -2.21. The van der Waals surface area contributed by atoms with E-state index in [-0.39, 0.29) is 11.5 Å². The van der Waals surface area contributed by atoms with Gasteiger partial charge in [-0.1, -0.05) is 29.8 Å². The molecule has 31 heavy (non-hydrogen) atoms. The molecule has 4 aromatic rings. The first-order valence-corrected chi connectivity index (χ1v) is 11.0. The van der Waals surface area contributed by atoms with E-state index in [9.17, 15) is 9.59 Å². The number of hydrogen-bond donors (Lipinski definition) is 1. The molecule has 158 valence electrons. The molecule has 1 amide bonds. The first kappa shape index (κ1) is 21.1. The maximum absolute atomic E-state index is 13.0. The molecule has 2 heterocycles. The maximum atomic E-state index is 13.0. The van der Waals surface area contributed by atoms with Crippen molar-refractivity contribution >= 4 is 44.7 Å². The molecule has 8 heteroatoms. The van der Waals surface area contributed by atoms with E-state index >= 15 is 0 Å². The Morgan fingerprint density at radius 1 is 1.16 bits per heavy atom. The number of para-hydroxylation sites is 1. The van der Waals surface area contributed by atoms with Gasteiger partial charge in [0.15, 0.2) is 0 Å². The van der Waals surface area contributed by atoms with Crippen molar-refractivity contribution < 1.29 is 9.53 Å². The summed E-state index contributed by atoms with van der Waals surface area (Å²) in [4.78, 5) is 31.2. The largest absolute Gasteiger partial charge is 0.494 e. The molecule has 2 aromatic carbocycles. The number of amides is 1. The van der Waals surface area contributed by atoms with Crippen molar-refractivity contribution in [2.75, 3.05) is 11.9 Å². The Bertz CT molecular complexity index is 1270. The number of carbonyl (C=O) groups excluding carboxylic acids is 1. The number of rotatable bonds is 7. The zero-order valence-corrected chi connectivity index (χ0v) is 18.4. The Hall–Kier alpha value is -3.16. The average molecular weight is 454 g/mol. The lowest BCUT2D eigenvalue weighted by atomic mass is 10.2. The molecule has 0 saturated carbocycles. The van der Waals surface area contributed by atoms with Gasteiger partial charge in [-0.2, -0.15) is 0 Å². The van der Waals surface area contributed by atoms with Crippen LogP contribution in [0.2, 0.25) is 5.02 Å². The molecule has 4 rings (SSSR count). The second-order valence-corrected chi connectivity index (χ2v) is 8.39. The molecule has 0 aliphatic carbocycles. The van der Waals surface area contributed by atoms with Crippen LogP contribution in [-0.2, 0) is 6.54 Å². The van der Waals surface area contributed by atoms with E-state index in [4.69, 9.17) is 16.3 Å². The lowest BCUT2D eigenvalue weighted by molar-refractivity contribution is 0.103. The number of ether oxygens (including phenoxy) is 1. The predicted molar refractivity (Wildman–Crippen MR) is 125 cm³/mol. The van der Waals surface area contributed by atoms with Crippen LogP contribution in [-0.4, -0.2) is 22.1 Å². The van der Waals surface area contributed by atoms with Gasteiger partial charge in [-0.05, 0) is 55.3 Å². The van der Waals surface area contributed by atoms with Gasteiger partial charge in [-0.25, -0.2) is 4.98 Å². The van der Waals surface area contributed by atoms with Crippen LogP contribution < -0.4 is 15.6 Å². The van der Waals surface area contributed by atoms with Gasteiger partial charge in [0.05, 0.1) is 23.2 Å². The zero-order chi connectivity index (χ0) is 21.8. The Kier molecular flexibility index (Phi) is 6.34. The first-order chi connectivity index (χ1) is 15.0. The summed E-state index contributed by atoms with van der Waals surface area (Å²) in [7, 11) is 0. The van der Waals surface area contributed by atoms with E-state index in [0.717, 1.165) is 5.75 Å². The summed E-state index contributed by atoms with van der Waals surface area (Å²) >= 11 is 7.10. The minimum absolute atomic E-state index is 0.149. The number of fused-ring (bicyclic) bond motifs is 1. The van der Waals surface area contributed by atoms with Crippen molar-refractivity contribution in [2.24, 2.45) is 0 Å². The third-order valence-corrected chi connectivity index (χ3v) is 6.23. The van der Waals surface area contributed by atoms with Crippen molar-refractivity contribution in [2.45, 2.75) is 19.9 Å². The smallest absolute Gasteiger partial charge is 0.266 e. The quantitative estimate of drug-likeness (QED) is 0.393. The van der Waals surface area contributed by atoms with E-state index < -0.39 is 0 Å². The number of aromatic nitrogens is 2. The van der Waals surface area contributed by atoms with Crippen molar-refractivity contribution in [3.8, 4) is 5.75 Å². The standard InChI is InChI=1S/C23H20ClN3O3S/c1-15-19-22(31-20(15)21(28)26-17-6-3-2-4-7-17)25-14-27(23(19)29)12-5-13-30-18-10-8-16(24)9-11-18/h2-4,6-11,14H,5,12-13H2,1H3,(H,26,28). The molecule has 0 radical (unpaired) electrons. The van der Waals surface area contributed by atoms with Crippen LogP contribution in [0.15, 0.2) is 65.7 Å². The highest BCUT2D eigenvalue weighted by Gasteiger charge is 2.19. The Labute approximate surface area is 188 Å². The van der Waals surface area contributed by atoms with Gasteiger partial charge in [-0.15, -0.1) is 11.3 Å². The highest BCUT2D eigenvalue weighted by Crippen LogP contribution is 2.27. The van der Waals surface area contributed by atoms with E-state index in [1.54, 1.807) is 35.8 Å². The summed E-state index contributed by atoms with van der Waals surface area (Å²) in [5, 5.41) is 4.01. The SMILES string of the molecule is Cc1c(C(=O)Nc2ccccc2)sc2ncn(CCCOc3ccc(Cl)cc3)c(=O)c12. The Morgan fingerprint density at radius 3 is 2.65 bits per heavy atom. The zero-order valence-electron chi connectivity index (χ0n) is 16.8. The van der Waals surface area contributed by atoms with Crippen LogP contribution >= 0.6 is 22.9 Å². The molecule has 0 saturated heterocycles. The maximum Gasteiger partial charge on any atom is 0.266 e. The van der Waals surface area contributed by atoms with Crippen LogP contribution in [0.1, 0.15) is 21.7 Å². The molecule has 0 spiro atoms. The van der Waals surface area contributed by atoms with Crippen molar-refractivity contribution in [3.63, 3.8) is 0 Å². The van der Waals surface area contributed by atoms with Crippen LogP contribution in [0.3, 0.4) is 0 Å². The summed E-state index contributed by atoms with van der Waals surface area (Å²) in [5.41, 5.74) is 1.21. The van der Waals surface area contributed by atoms with Crippen LogP contribution in [0.5, 0.6) is 5.75 Å². The molecule has 0 aliphatic rings. The summed E-state index contributed by atoms with van der Waals surface area (Å²) in [6.07, 6.45) is 2.17. The van der Waals surface area contributed by atoms with E-state index in [1.165, 1.54) is 17.7 Å². The number of aryl methyl sites for hydroxylation is 2. The number of nitrogens with zero attached hydrogens (tertiary/aromatic N) is 2. The van der Waals surface area contributed by atoms with Gasteiger partial charge in [0.25, 0.3) is 11.5 Å². The fourth-order valence-electron chi connectivity index (χ4n) is 3.20. The fraction of sp³-hybridized carbons (Fsp3) is 0.174. The minimum atomic E-state index is -0.242. The molecule has 0 aliphatic heterocycles. The average Bonchev–Trinajstić information content (AvgIpc) is 3.12. The number of halogens is 1. The predicted octanol–water partition coefficient (Wildman–Crippen LogP) is 5.14. The second kappa shape index (κ2) is 9.32. The van der Waals surface area contributed by atoms with E-state index in [0.29, 0.717) is 50.9 Å². The molecule has 0 unspecified atom stereocenters. The molecule has 0 atom stereocenters. The van der Waals surface area contributed by atoms with Crippen molar-refractivity contribution in [1.29, 1.82) is 0 Å². The fourth-order valence-corrected chi connectivity index (χ4v) is 4.36. The van der Waals surface area contributed by atoms with Gasteiger partial charge >= 0.3 is 0 Å². The highest BCUT2D eigenvalue weighted by atomic mass is 35.5. The summed E-state index contributed by atoms with van der Waals surface area (Å²) in [6, 6.07) is 16.4. The molecule has 0 fully saturated rings. The summed E-state index contributed by atoms with van der Waals surface area (Å²) in [5.74, 6) is 0.488. The number of carbonyl (C=O) groups is 1. The first-order valence-electron chi connectivity index (χ1n) is 9.76. The number of hydrogen-bond acceptors (Lipinski definition) is 5. The van der Waals surface area contributed by atoms with E-state index in [2.05, 4.69) is 10.3 Å². The monoisotopic (exact) mass is 453 g/mol. The van der Waals surface area contributed by atoms with Gasteiger partial charge in [-0.3, -0.25) is 14.2 Å². The number of anilines is 1. The van der Waals surface area contributed by atoms with Gasteiger partial charge in [0.1, 0.15) is 10.6 Å². The van der Waals surface area contributed by atoms with Crippen LogP contribution in [0.4, 0.5) is 5.69 Å². The summed E-state index contributed by atoms with van der Waals surface area (Å²) in [6.45, 7) is 2.71. The Morgan fingerprint density at radius 2 is 1.90 bits per heavy atom. The molecule has 6 nitrogen and oxygen atoms in total. The van der Waals surface area contributed by atoms with Crippen LogP contribution in [0.25, 0.3) is 10.2 Å². The number of benzene rings is 2. The van der Waals surface area contributed by atoms with Gasteiger partial charge in [0.2, 0.25) is 0 Å². The topological polar surface area (TPSA) is 73.2 Å². The highest BCUT2D eigenvalue weighted by molar-refractivity contribution is 7.20. The summed E-state index contributed by atoms with van der Waals surface area (Å²) < 4.78 is 7.24. The third kappa shape index (κ3) is 4.78. The number of nitrogens with one attached hydrogen (secondary N) is 1. The van der Waals surface area contributed by atoms with E-state index in [1.807, 2.05) is 30.3 Å². The molecule has 1 N–H and O–H groups in total. The molecular weight excluding hydrogens is 434 g/mol. The molecule has 2 aromatic heterocycles. The second-order valence-electron chi connectivity index (χ2n) is 6.96. The van der Waals surface area contributed by atoms with Crippen molar-refractivity contribution in [3.05, 3.63) is 86.7 Å². The number of thiophene rings is 1. The normalized spacial score (nSPS) is 10.9. The minimum Gasteiger partial charge on any atom is -0.494 e. The lowest BCUT2D eigenvalue weighted by Gasteiger charge is -2.08. The third-order valence-electron chi connectivity index (χ3n) is 4.78. The van der Waals surface area contributed by atoms with Crippen LogP contribution in [0, 0.1) is 6.92 Å². The van der Waals surface area contributed by atoms with Gasteiger partial charge < -0.3 is 10.1 Å². The molecular formula is C23H20ClN3O3S.